The Bertz CT molecular complexity index is 669. The predicted molar refractivity (Wildman–Crippen MR) is 93.5 cm³/mol. The lowest BCUT2D eigenvalue weighted by Crippen LogP contribution is -2.30. The van der Waals surface area contributed by atoms with Crippen molar-refractivity contribution in [2.75, 3.05) is 13.3 Å². The van der Waals surface area contributed by atoms with Gasteiger partial charge >= 0.3 is 0 Å². The number of sulfone groups is 1. The Balaban J connectivity index is 1.93. The van der Waals surface area contributed by atoms with Gasteiger partial charge in [-0.25, -0.2) is 8.42 Å². The maximum Gasteiger partial charge on any atom is 0.222 e. The van der Waals surface area contributed by atoms with E-state index in [4.69, 9.17) is 4.74 Å². The van der Waals surface area contributed by atoms with Gasteiger partial charge in [-0.15, -0.1) is 0 Å². The molecule has 0 aromatic heterocycles. The van der Waals surface area contributed by atoms with Crippen LogP contribution < -0.4 is 0 Å². The molecule has 2 rings (SSSR count). The summed E-state index contributed by atoms with van der Waals surface area (Å²) in [5, 5.41) is 0. The van der Waals surface area contributed by atoms with Gasteiger partial charge in [-0.1, -0.05) is 12.1 Å². The van der Waals surface area contributed by atoms with Crippen molar-refractivity contribution >= 4 is 15.7 Å². The summed E-state index contributed by atoms with van der Waals surface area (Å²) in [5.74, 6) is 0.0813. The fraction of sp³-hybridized carbons (Fsp3) is 0.611. The number of carbonyl (C=O) groups excluding carboxylic acids is 1. The predicted octanol–water partition coefficient (Wildman–Crippen LogP) is 2.96. The van der Waals surface area contributed by atoms with Crippen LogP contribution in [0, 0.1) is 0 Å². The Hall–Kier alpha value is -1.40. The molecule has 0 N–H and O–H groups in total. The van der Waals surface area contributed by atoms with E-state index < -0.39 is 9.84 Å². The molecular formula is C18H27NO4S. The standard InChI is InChI=1S/C18H27NO4S/c1-13-5-8-16(23-13)9-12-18(20)19(3)14(2)15-6-10-17(11-7-15)24(4,21)22/h6-7,10-11,13-14,16H,5,8-9,12H2,1-4H3. The second-order valence-corrected chi connectivity index (χ2v) is 8.72. The van der Waals surface area contributed by atoms with Crippen molar-refractivity contribution in [2.45, 2.75) is 62.7 Å². The van der Waals surface area contributed by atoms with E-state index in [1.54, 1.807) is 36.2 Å². The molecule has 0 saturated carbocycles. The van der Waals surface area contributed by atoms with Crippen LogP contribution in [0.5, 0.6) is 0 Å². The zero-order valence-corrected chi connectivity index (χ0v) is 15.7. The van der Waals surface area contributed by atoms with Crippen LogP contribution in [-0.2, 0) is 19.4 Å². The summed E-state index contributed by atoms with van der Waals surface area (Å²) < 4.78 is 28.8. The highest BCUT2D eigenvalue weighted by Crippen LogP contribution is 2.25. The molecule has 1 fully saturated rings. The molecule has 1 aliphatic heterocycles. The average Bonchev–Trinajstić information content (AvgIpc) is 2.96. The molecule has 0 aliphatic carbocycles. The second-order valence-electron chi connectivity index (χ2n) is 6.71. The summed E-state index contributed by atoms with van der Waals surface area (Å²) in [6, 6.07) is 6.62. The van der Waals surface area contributed by atoms with E-state index in [9.17, 15) is 13.2 Å². The highest BCUT2D eigenvalue weighted by Gasteiger charge is 2.24. The third-order valence-corrected chi connectivity index (χ3v) is 5.89. The monoisotopic (exact) mass is 353 g/mol. The molecule has 1 aliphatic rings. The largest absolute Gasteiger partial charge is 0.375 e. The summed E-state index contributed by atoms with van der Waals surface area (Å²) in [6.45, 7) is 4.01. The average molecular weight is 353 g/mol. The first kappa shape index (κ1) is 18.9. The number of rotatable bonds is 6. The quantitative estimate of drug-likeness (QED) is 0.789. The molecule has 134 valence electrons. The van der Waals surface area contributed by atoms with Crippen LogP contribution in [-0.4, -0.2) is 44.7 Å². The van der Waals surface area contributed by atoms with Crippen molar-refractivity contribution in [3.63, 3.8) is 0 Å². The number of hydrogen-bond acceptors (Lipinski definition) is 4. The van der Waals surface area contributed by atoms with E-state index in [1.807, 2.05) is 6.92 Å². The van der Waals surface area contributed by atoms with Crippen molar-refractivity contribution in [2.24, 2.45) is 0 Å². The number of carbonyl (C=O) groups is 1. The summed E-state index contributed by atoms with van der Waals surface area (Å²) in [7, 11) is -1.41. The second kappa shape index (κ2) is 7.66. The molecule has 1 aromatic rings. The van der Waals surface area contributed by atoms with Crippen molar-refractivity contribution in [3.8, 4) is 0 Å². The maximum atomic E-state index is 12.4. The normalized spacial score (nSPS) is 22.3. The number of ether oxygens (including phenoxy) is 1. The van der Waals surface area contributed by atoms with Gasteiger partial charge in [0.2, 0.25) is 5.91 Å². The highest BCUT2D eigenvalue weighted by atomic mass is 32.2. The fourth-order valence-corrected chi connectivity index (χ4v) is 3.62. The Labute approximate surface area is 144 Å². The number of hydrogen-bond donors (Lipinski definition) is 0. The van der Waals surface area contributed by atoms with Crippen LogP contribution >= 0.6 is 0 Å². The smallest absolute Gasteiger partial charge is 0.222 e. The molecule has 3 unspecified atom stereocenters. The molecule has 3 atom stereocenters. The van der Waals surface area contributed by atoms with Crippen LogP contribution in [0.15, 0.2) is 29.2 Å². The van der Waals surface area contributed by atoms with Crippen molar-refractivity contribution in [3.05, 3.63) is 29.8 Å². The van der Waals surface area contributed by atoms with Gasteiger partial charge in [0, 0.05) is 19.7 Å². The van der Waals surface area contributed by atoms with Gasteiger partial charge in [-0.3, -0.25) is 4.79 Å². The van der Waals surface area contributed by atoms with Gasteiger partial charge in [0.25, 0.3) is 0 Å². The third-order valence-electron chi connectivity index (χ3n) is 4.77. The topological polar surface area (TPSA) is 63.7 Å². The van der Waals surface area contributed by atoms with E-state index in [-0.39, 0.29) is 18.1 Å². The summed E-state index contributed by atoms with van der Waals surface area (Å²) in [6.07, 6.45) is 5.01. The maximum absolute atomic E-state index is 12.4. The minimum atomic E-state index is -3.20. The first-order valence-electron chi connectivity index (χ1n) is 8.39. The molecule has 0 spiro atoms. The Morgan fingerprint density at radius 3 is 2.42 bits per heavy atom. The molecule has 5 nitrogen and oxygen atoms in total. The zero-order chi connectivity index (χ0) is 17.9. The van der Waals surface area contributed by atoms with Crippen molar-refractivity contribution < 1.29 is 17.9 Å². The number of nitrogens with zero attached hydrogens (tertiary/aromatic N) is 1. The van der Waals surface area contributed by atoms with Gasteiger partial charge in [-0.05, 0) is 50.8 Å². The zero-order valence-electron chi connectivity index (χ0n) is 14.9. The minimum Gasteiger partial charge on any atom is -0.375 e. The SMILES string of the molecule is CC1CCC(CCC(=O)N(C)C(C)c2ccc(S(C)(=O)=O)cc2)O1. The molecule has 1 amide bonds. The first-order chi connectivity index (χ1) is 11.2. The first-order valence-corrected chi connectivity index (χ1v) is 10.3. The Morgan fingerprint density at radius 1 is 1.29 bits per heavy atom. The molecule has 24 heavy (non-hydrogen) atoms. The third kappa shape index (κ3) is 4.80. The molecule has 1 heterocycles. The lowest BCUT2D eigenvalue weighted by atomic mass is 10.1. The lowest BCUT2D eigenvalue weighted by Gasteiger charge is -2.26. The fourth-order valence-electron chi connectivity index (χ4n) is 2.99. The van der Waals surface area contributed by atoms with Gasteiger partial charge < -0.3 is 9.64 Å². The molecule has 0 radical (unpaired) electrons. The van der Waals surface area contributed by atoms with E-state index in [0.717, 1.165) is 24.8 Å². The summed E-state index contributed by atoms with van der Waals surface area (Å²) in [5.41, 5.74) is 0.920. The van der Waals surface area contributed by atoms with Crippen LogP contribution in [0.3, 0.4) is 0 Å². The minimum absolute atomic E-state index is 0.0813. The van der Waals surface area contributed by atoms with Gasteiger partial charge in [0.1, 0.15) is 0 Å². The molecule has 0 bridgehead atoms. The number of amides is 1. The van der Waals surface area contributed by atoms with Crippen molar-refractivity contribution in [1.29, 1.82) is 0 Å². The Morgan fingerprint density at radius 2 is 1.92 bits per heavy atom. The van der Waals surface area contributed by atoms with Gasteiger partial charge in [0.05, 0.1) is 23.1 Å². The van der Waals surface area contributed by atoms with E-state index in [2.05, 4.69) is 6.92 Å². The van der Waals surface area contributed by atoms with Gasteiger partial charge in [0.15, 0.2) is 9.84 Å². The summed E-state index contributed by atoms with van der Waals surface area (Å²) >= 11 is 0. The number of benzene rings is 1. The van der Waals surface area contributed by atoms with Crippen LogP contribution in [0.4, 0.5) is 0 Å². The van der Waals surface area contributed by atoms with Crippen molar-refractivity contribution in [1.82, 2.24) is 4.90 Å². The molecule has 1 aromatic carbocycles. The molecule has 6 heteroatoms. The van der Waals surface area contributed by atoms with E-state index >= 15 is 0 Å². The van der Waals surface area contributed by atoms with E-state index in [1.165, 1.54) is 6.26 Å². The summed E-state index contributed by atoms with van der Waals surface area (Å²) in [4.78, 5) is 14.4. The van der Waals surface area contributed by atoms with E-state index in [0.29, 0.717) is 17.4 Å². The van der Waals surface area contributed by atoms with Crippen LogP contribution in [0.25, 0.3) is 0 Å². The van der Waals surface area contributed by atoms with Gasteiger partial charge in [-0.2, -0.15) is 0 Å². The molecule has 1 saturated heterocycles. The van der Waals surface area contributed by atoms with Crippen LogP contribution in [0.1, 0.15) is 51.1 Å². The van der Waals surface area contributed by atoms with Crippen LogP contribution in [0.2, 0.25) is 0 Å². The highest BCUT2D eigenvalue weighted by molar-refractivity contribution is 7.90. The Kier molecular flexibility index (Phi) is 6.04. The lowest BCUT2D eigenvalue weighted by molar-refractivity contribution is -0.132. The molecular weight excluding hydrogens is 326 g/mol.